The minimum Gasteiger partial charge on any atom is -0.357 e. The molecular formula is C11H10F3N3. The first-order chi connectivity index (χ1) is 8.04. The molecule has 1 heterocycles. The molecule has 6 heteroatoms. The van der Waals surface area contributed by atoms with Gasteiger partial charge in [0.25, 0.3) is 0 Å². The van der Waals surface area contributed by atoms with Crippen molar-refractivity contribution in [2.24, 2.45) is 0 Å². The van der Waals surface area contributed by atoms with E-state index < -0.39 is 11.7 Å². The van der Waals surface area contributed by atoms with Gasteiger partial charge < -0.3 is 4.90 Å². The van der Waals surface area contributed by atoms with Gasteiger partial charge in [-0.15, -0.1) is 0 Å². The van der Waals surface area contributed by atoms with E-state index in [4.69, 9.17) is 5.26 Å². The summed E-state index contributed by atoms with van der Waals surface area (Å²) in [6, 6.07) is 5.66. The second-order valence-electron chi connectivity index (χ2n) is 3.73. The maximum absolute atomic E-state index is 13.0. The van der Waals surface area contributed by atoms with E-state index in [9.17, 15) is 13.2 Å². The van der Waals surface area contributed by atoms with Crippen molar-refractivity contribution in [3.05, 3.63) is 29.3 Å². The van der Waals surface area contributed by atoms with Crippen molar-refractivity contribution in [2.75, 3.05) is 24.7 Å². The minimum atomic E-state index is -4.51. The van der Waals surface area contributed by atoms with E-state index in [2.05, 4.69) is 5.32 Å². The molecule has 0 spiro atoms. The van der Waals surface area contributed by atoms with Gasteiger partial charge in [-0.2, -0.15) is 18.4 Å². The number of nitrogens with one attached hydrogen (secondary N) is 1. The standard InChI is InChI=1S/C11H10F3N3/c12-11(13,14)10-8(6-15)2-1-3-9(10)17-5-4-16-7-17/h1-3,16H,4-5,7H2. The van der Waals surface area contributed by atoms with E-state index in [1.54, 1.807) is 11.0 Å². The molecule has 0 saturated carbocycles. The van der Waals surface area contributed by atoms with Gasteiger partial charge in [-0.25, -0.2) is 0 Å². The molecule has 0 aliphatic carbocycles. The van der Waals surface area contributed by atoms with Crippen LogP contribution >= 0.6 is 0 Å². The molecule has 2 rings (SSSR count). The summed E-state index contributed by atoms with van der Waals surface area (Å²) in [7, 11) is 0. The van der Waals surface area contributed by atoms with Crippen LogP contribution in [0, 0.1) is 11.3 Å². The molecule has 1 saturated heterocycles. The van der Waals surface area contributed by atoms with Gasteiger partial charge in [0.15, 0.2) is 0 Å². The largest absolute Gasteiger partial charge is 0.419 e. The van der Waals surface area contributed by atoms with Gasteiger partial charge in [-0.1, -0.05) is 6.07 Å². The lowest BCUT2D eigenvalue weighted by molar-refractivity contribution is -0.137. The van der Waals surface area contributed by atoms with E-state index >= 15 is 0 Å². The van der Waals surface area contributed by atoms with Crippen LogP contribution in [0.15, 0.2) is 18.2 Å². The molecule has 1 aliphatic heterocycles. The lowest BCUT2D eigenvalue weighted by Crippen LogP contribution is -2.25. The number of benzene rings is 1. The van der Waals surface area contributed by atoms with Gasteiger partial charge in [0.2, 0.25) is 0 Å². The van der Waals surface area contributed by atoms with Crippen LogP contribution in [-0.2, 0) is 6.18 Å². The van der Waals surface area contributed by atoms with Gasteiger partial charge >= 0.3 is 6.18 Å². The average Bonchev–Trinajstić information content (AvgIpc) is 2.80. The first-order valence-electron chi connectivity index (χ1n) is 5.10. The summed E-state index contributed by atoms with van der Waals surface area (Å²) in [6.07, 6.45) is -4.51. The first-order valence-corrected chi connectivity index (χ1v) is 5.10. The number of alkyl halides is 3. The monoisotopic (exact) mass is 241 g/mol. The predicted octanol–water partition coefficient (Wildman–Crippen LogP) is 1.94. The van der Waals surface area contributed by atoms with Crippen molar-refractivity contribution in [3.63, 3.8) is 0 Å². The molecule has 0 radical (unpaired) electrons. The molecule has 3 nitrogen and oxygen atoms in total. The van der Waals surface area contributed by atoms with Gasteiger partial charge in [-0.3, -0.25) is 5.32 Å². The Morgan fingerprint density at radius 2 is 2.12 bits per heavy atom. The molecule has 0 aromatic heterocycles. The van der Waals surface area contributed by atoms with Gasteiger partial charge in [-0.05, 0) is 12.1 Å². The fourth-order valence-electron chi connectivity index (χ4n) is 1.91. The highest BCUT2D eigenvalue weighted by atomic mass is 19.4. The van der Waals surface area contributed by atoms with E-state index in [1.165, 1.54) is 18.2 Å². The van der Waals surface area contributed by atoms with Crippen LogP contribution in [0.3, 0.4) is 0 Å². The van der Waals surface area contributed by atoms with Gasteiger partial charge in [0.1, 0.15) is 0 Å². The molecular weight excluding hydrogens is 231 g/mol. The Morgan fingerprint density at radius 3 is 2.65 bits per heavy atom. The number of rotatable bonds is 1. The molecule has 1 aromatic carbocycles. The fraction of sp³-hybridized carbons (Fsp3) is 0.364. The van der Waals surface area contributed by atoms with Crippen molar-refractivity contribution in [2.45, 2.75) is 6.18 Å². The van der Waals surface area contributed by atoms with E-state index in [-0.39, 0.29) is 11.3 Å². The zero-order valence-corrected chi connectivity index (χ0v) is 8.88. The zero-order valence-electron chi connectivity index (χ0n) is 8.88. The number of hydrogen-bond donors (Lipinski definition) is 1. The molecule has 1 aliphatic rings. The quantitative estimate of drug-likeness (QED) is 0.816. The Labute approximate surface area is 96.4 Å². The summed E-state index contributed by atoms with van der Waals surface area (Å²) in [5, 5.41) is 11.7. The van der Waals surface area contributed by atoms with E-state index in [1.807, 2.05) is 0 Å². The maximum atomic E-state index is 13.0. The third-order valence-corrected chi connectivity index (χ3v) is 2.65. The van der Waals surface area contributed by atoms with Crippen LogP contribution in [0.4, 0.5) is 18.9 Å². The molecule has 0 unspecified atom stereocenters. The van der Waals surface area contributed by atoms with Crippen molar-refractivity contribution in [1.29, 1.82) is 5.26 Å². The maximum Gasteiger partial charge on any atom is 0.419 e. The normalized spacial score (nSPS) is 16.0. The molecule has 90 valence electrons. The van der Waals surface area contributed by atoms with Crippen molar-refractivity contribution < 1.29 is 13.2 Å². The highest BCUT2D eigenvalue weighted by Crippen LogP contribution is 2.38. The predicted molar refractivity (Wildman–Crippen MR) is 56.4 cm³/mol. The third-order valence-electron chi connectivity index (χ3n) is 2.65. The molecule has 17 heavy (non-hydrogen) atoms. The first kappa shape index (κ1) is 11.7. The number of nitrogens with zero attached hydrogens (tertiary/aromatic N) is 2. The second-order valence-corrected chi connectivity index (χ2v) is 3.73. The Kier molecular flexibility index (Phi) is 2.94. The van der Waals surface area contributed by atoms with Crippen LogP contribution in [0.5, 0.6) is 0 Å². The van der Waals surface area contributed by atoms with Crippen LogP contribution < -0.4 is 10.2 Å². The van der Waals surface area contributed by atoms with Crippen LogP contribution in [-0.4, -0.2) is 19.8 Å². The van der Waals surface area contributed by atoms with E-state index in [0.29, 0.717) is 19.8 Å². The SMILES string of the molecule is N#Cc1cccc(N2CCNC2)c1C(F)(F)F. The molecule has 1 aromatic rings. The average molecular weight is 241 g/mol. The Morgan fingerprint density at radius 1 is 1.35 bits per heavy atom. The van der Waals surface area contributed by atoms with Crippen LogP contribution in [0.1, 0.15) is 11.1 Å². The zero-order chi connectivity index (χ0) is 12.5. The number of halogens is 3. The van der Waals surface area contributed by atoms with Gasteiger partial charge in [0.05, 0.1) is 29.6 Å². The summed E-state index contributed by atoms with van der Waals surface area (Å²) in [5.41, 5.74) is -1.10. The molecule has 0 amide bonds. The second kappa shape index (κ2) is 4.26. The molecule has 0 atom stereocenters. The summed E-state index contributed by atoms with van der Waals surface area (Å²) in [6.45, 7) is 1.53. The molecule has 0 bridgehead atoms. The van der Waals surface area contributed by atoms with Crippen LogP contribution in [0.25, 0.3) is 0 Å². The Hall–Kier alpha value is -1.74. The topological polar surface area (TPSA) is 39.1 Å². The molecule has 1 fully saturated rings. The summed E-state index contributed by atoms with van der Waals surface area (Å²) >= 11 is 0. The van der Waals surface area contributed by atoms with Crippen molar-refractivity contribution >= 4 is 5.69 Å². The van der Waals surface area contributed by atoms with Crippen molar-refractivity contribution in [3.8, 4) is 6.07 Å². The minimum absolute atomic E-state index is 0.0709. The summed E-state index contributed by atoms with van der Waals surface area (Å²) in [5.74, 6) is 0. The fourth-order valence-corrected chi connectivity index (χ4v) is 1.91. The third kappa shape index (κ3) is 2.19. The Bertz CT molecular complexity index is 456. The summed E-state index contributed by atoms with van der Waals surface area (Å²) in [4.78, 5) is 1.59. The highest BCUT2D eigenvalue weighted by molar-refractivity contribution is 5.61. The lowest BCUT2D eigenvalue weighted by Gasteiger charge is -2.22. The number of nitriles is 1. The van der Waals surface area contributed by atoms with Crippen LogP contribution in [0.2, 0.25) is 0 Å². The number of hydrogen-bond acceptors (Lipinski definition) is 3. The molecule has 1 N–H and O–H groups in total. The van der Waals surface area contributed by atoms with Gasteiger partial charge in [0, 0.05) is 13.1 Å². The highest BCUT2D eigenvalue weighted by Gasteiger charge is 2.38. The number of anilines is 1. The Balaban J connectivity index is 2.55. The van der Waals surface area contributed by atoms with E-state index in [0.717, 1.165) is 0 Å². The summed E-state index contributed by atoms with van der Waals surface area (Å²) < 4.78 is 38.9. The lowest BCUT2D eigenvalue weighted by atomic mass is 10.0. The van der Waals surface area contributed by atoms with Crippen molar-refractivity contribution in [1.82, 2.24) is 5.32 Å². The smallest absolute Gasteiger partial charge is 0.357 e.